The second kappa shape index (κ2) is 20.7. The van der Waals surface area contributed by atoms with Gasteiger partial charge in [0.1, 0.15) is 90.9 Å². The normalized spacial score (nSPS) is 54.5. The van der Waals surface area contributed by atoms with Gasteiger partial charge in [0.05, 0.1) is 38.1 Å². The molecule has 22 nitrogen and oxygen atoms in total. The smallest absolute Gasteiger partial charge is 0.317 e. The Bertz CT molecular complexity index is 2080. The molecular formula is C53H86O22. The van der Waals surface area contributed by atoms with Gasteiger partial charge in [-0.05, 0) is 110 Å². The highest BCUT2D eigenvalue weighted by atomic mass is 16.8. The predicted molar refractivity (Wildman–Crippen MR) is 257 cm³/mol. The first-order valence-corrected chi connectivity index (χ1v) is 27.2. The highest BCUT2D eigenvalue weighted by Crippen LogP contribution is 2.76. The van der Waals surface area contributed by atoms with Crippen LogP contribution in [0.1, 0.15) is 113 Å². The molecule has 5 aliphatic carbocycles. The lowest BCUT2D eigenvalue weighted by molar-refractivity contribution is -0.361. The minimum atomic E-state index is -1.94. The Kier molecular flexibility index (Phi) is 16.1. The first kappa shape index (κ1) is 58.1. The Morgan fingerprint density at radius 1 is 0.640 bits per heavy atom. The summed E-state index contributed by atoms with van der Waals surface area (Å²) in [7, 11) is 0. The van der Waals surface area contributed by atoms with Crippen LogP contribution in [0, 0.1) is 50.2 Å². The minimum Gasteiger partial charge on any atom is -0.432 e. The summed E-state index contributed by atoms with van der Waals surface area (Å²) >= 11 is 0. The average molecular weight is 1080 g/mol. The number of aliphatic hydroxyl groups excluding tert-OH is 13. The summed E-state index contributed by atoms with van der Waals surface area (Å²) in [6, 6.07) is 0. The van der Waals surface area contributed by atoms with Crippen LogP contribution in [0.4, 0.5) is 0 Å². The summed E-state index contributed by atoms with van der Waals surface area (Å²) in [6.07, 6.45) is -23.7. The van der Waals surface area contributed by atoms with E-state index in [0.29, 0.717) is 19.3 Å². The maximum Gasteiger partial charge on any atom is 0.317 e. The van der Waals surface area contributed by atoms with E-state index in [-0.39, 0.29) is 59.0 Å². The lowest BCUT2D eigenvalue weighted by Gasteiger charge is -2.71. The summed E-state index contributed by atoms with van der Waals surface area (Å²) in [6.45, 7) is 15.5. The monoisotopic (exact) mass is 1070 g/mol. The third-order valence-corrected chi connectivity index (χ3v) is 21.0. The Morgan fingerprint density at radius 3 is 1.97 bits per heavy atom. The number of fused-ring (bicyclic) bond motifs is 7. The summed E-state index contributed by atoms with van der Waals surface area (Å²) in [5.74, 6) is -0.921. The van der Waals surface area contributed by atoms with Crippen LogP contribution in [0.3, 0.4) is 0 Å². The molecule has 430 valence electrons. The van der Waals surface area contributed by atoms with Gasteiger partial charge in [-0.1, -0.05) is 60.1 Å². The van der Waals surface area contributed by atoms with Gasteiger partial charge in [0, 0.05) is 0 Å². The lowest BCUT2D eigenvalue weighted by atomic mass is 9.33. The molecule has 4 heterocycles. The summed E-state index contributed by atoms with van der Waals surface area (Å²) in [5, 5.41) is 141. The molecule has 0 bridgehead atoms. The van der Waals surface area contributed by atoms with Gasteiger partial charge < -0.3 is 104 Å². The molecule has 9 rings (SSSR count). The van der Waals surface area contributed by atoms with E-state index in [1.165, 1.54) is 6.92 Å². The molecule has 0 amide bonds. The molecule has 0 radical (unpaired) electrons. The molecule has 75 heavy (non-hydrogen) atoms. The van der Waals surface area contributed by atoms with Gasteiger partial charge in [0.15, 0.2) is 18.9 Å². The van der Waals surface area contributed by atoms with Crippen LogP contribution in [0.2, 0.25) is 0 Å². The van der Waals surface area contributed by atoms with E-state index in [1.54, 1.807) is 0 Å². The van der Waals surface area contributed by atoms with Crippen LogP contribution in [0.25, 0.3) is 0 Å². The van der Waals surface area contributed by atoms with E-state index < -0.39 is 159 Å². The molecule has 22 heteroatoms. The molecule has 4 aliphatic heterocycles. The van der Waals surface area contributed by atoms with Crippen LogP contribution >= 0.6 is 0 Å². The third kappa shape index (κ3) is 9.40. The molecular weight excluding hydrogens is 989 g/mol. The lowest BCUT2D eigenvalue weighted by Crippen LogP contribution is -2.68. The van der Waals surface area contributed by atoms with Crippen molar-refractivity contribution in [2.45, 2.75) is 242 Å². The Labute approximate surface area is 437 Å². The number of ether oxygens (including phenoxy) is 8. The highest BCUT2D eigenvalue weighted by Gasteiger charge is 2.72. The molecule has 13 N–H and O–H groups in total. The number of hydrogen-bond acceptors (Lipinski definition) is 22. The van der Waals surface area contributed by atoms with Crippen molar-refractivity contribution in [1.82, 2.24) is 0 Å². The quantitative estimate of drug-likeness (QED) is 0.0680. The Hall–Kier alpha value is -1.59. The van der Waals surface area contributed by atoms with Crippen molar-refractivity contribution < 1.29 is 109 Å². The van der Waals surface area contributed by atoms with E-state index in [9.17, 15) is 66.4 Å². The van der Waals surface area contributed by atoms with E-state index in [2.05, 4.69) is 54.5 Å². The number of rotatable bonds is 10. The van der Waals surface area contributed by atoms with Crippen molar-refractivity contribution in [1.29, 1.82) is 0 Å². The van der Waals surface area contributed by atoms with E-state index in [1.807, 2.05) is 0 Å². The zero-order valence-electron chi connectivity index (χ0n) is 44.4. The standard InChI is InChI=1S/C53H86O22/c1-22-32(57)35(60)39(64)45(70-22)74-42-26(19-54)71-43(41(66)37(42)62)69-21-27-34(59)36(61)40(65)46(72-27)75-47(67)53-16-15-48(2,3)17-24(53)23-9-10-29-50(6)13-12-31(73-44-38(63)33(58)25(55)20-68-44)49(4,5)28(50)11-14-51(29,7)52(23,8)18-30(53)56/h9,22,24-46,54-66H,10-21H2,1-8H3. The van der Waals surface area contributed by atoms with Crippen molar-refractivity contribution in [2.24, 2.45) is 50.2 Å². The minimum absolute atomic E-state index is 0.148. The van der Waals surface area contributed by atoms with Crippen LogP contribution in [0.15, 0.2) is 11.6 Å². The molecule has 4 saturated carbocycles. The zero-order valence-corrected chi connectivity index (χ0v) is 44.4. The molecule has 4 saturated heterocycles. The number of carbonyl (C=O) groups excluding carboxylic acids is 1. The van der Waals surface area contributed by atoms with E-state index in [0.717, 1.165) is 31.3 Å². The summed E-state index contributed by atoms with van der Waals surface area (Å²) in [4.78, 5) is 15.2. The van der Waals surface area contributed by atoms with Gasteiger partial charge in [0.2, 0.25) is 6.29 Å². The maximum atomic E-state index is 15.2. The predicted octanol–water partition coefficient (Wildman–Crippen LogP) is -1.40. The van der Waals surface area contributed by atoms with Crippen molar-refractivity contribution >= 4 is 5.97 Å². The van der Waals surface area contributed by atoms with Gasteiger partial charge in [-0.15, -0.1) is 0 Å². The first-order chi connectivity index (χ1) is 35.0. The third-order valence-electron chi connectivity index (χ3n) is 21.0. The maximum absolute atomic E-state index is 15.2. The number of hydrogen-bond donors (Lipinski definition) is 13. The largest absolute Gasteiger partial charge is 0.432 e. The second-order valence-electron chi connectivity index (χ2n) is 26.0. The average Bonchev–Trinajstić information content (AvgIpc) is 3.34. The number of esters is 1. The summed E-state index contributed by atoms with van der Waals surface area (Å²) < 4.78 is 46.9. The molecule has 28 unspecified atom stereocenters. The first-order valence-electron chi connectivity index (χ1n) is 27.2. The van der Waals surface area contributed by atoms with Crippen molar-refractivity contribution in [3.63, 3.8) is 0 Å². The zero-order chi connectivity index (χ0) is 54.9. The van der Waals surface area contributed by atoms with Crippen molar-refractivity contribution in [3.05, 3.63) is 11.6 Å². The topological polar surface area (TPSA) is 354 Å². The van der Waals surface area contributed by atoms with Crippen molar-refractivity contribution in [3.8, 4) is 0 Å². The van der Waals surface area contributed by atoms with E-state index in [4.69, 9.17) is 37.9 Å². The molecule has 0 aromatic rings. The van der Waals surface area contributed by atoms with Crippen LogP contribution in [0.5, 0.6) is 0 Å². The van der Waals surface area contributed by atoms with Gasteiger partial charge in [-0.25, -0.2) is 0 Å². The Balaban J connectivity index is 0.906. The molecule has 0 spiro atoms. The SMILES string of the molecule is CC1OC(OC2C(CO)OC(OCC3OC(OC(=O)C45CCC(C)(C)CC4C4=CCC6C7(C)CCC(OC8OCC(O)C(O)C8O)C(C)(C)C7CCC6(C)C4(C)CC5O)C(O)C(O)C3O)C(O)C2O)C(O)C(O)C1O. The Morgan fingerprint density at radius 2 is 1.28 bits per heavy atom. The molecule has 0 aromatic heterocycles. The summed E-state index contributed by atoms with van der Waals surface area (Å²) in [5.41, 5.74) is -2.03. The van der Waals surface area contributed by atoms with Gasteiger partial charge in [-0.3, -0.25) is 4.79 Å². The fourth-order valence-corrected chi connectivity index (χ4v) is 16.2. The van der Waals surface area contributed by atoms with Crippen LogP contribution in [-0.2, 0) is 42.7 Å². The number of carbonyl (C=O) groups is 1. The molecule has 0 aromatic carbocycles. The van der Waals surface area contributed by atoms with Crippen LogP contribution < -0.4 is 0 Å². The van der Waals surface area contributed by atoms with Crippen LogP contribution in [-0.4, -0.2) is 221 Å². The van der Waals surface area contributed by atoms with E-state index >= 15 is 4.79 Å². The van der Waals surface area contributed by atoms with Gasteiger partial charge in [-0.2, -0.15) is 0 Å². The molecule has 9 aliphatic rings. The van der Waals surface area contributed by atoms with Crippen molar-refractivity contribution in [2.75, 3.05) is 19.8 Å². The van der Waals surface area contributed by atoms with Gasteiger partial charge >= 0.3 is 5.97 Å². The molecule has 8 fully saturated rings. The number of aliphatic hydroxyl groups is 13. The molecule has 28 atom stereocenters. The number of allylic oxidation sites excluding steroid dienone is 2. The van der Waals surface area contributed by atoms with Gasteiger partial charge in [0.25, 0.3) is 0 Å². The fourth-order valence-electron chi connectivity index (χ4n) is 16.2. The highest BCUT2D eigenvalue weighted by molar-refractivity contribution is 5.80. The second-order valence-corrected chi connectivity index (χ2v) is 26.0. The fraction of sp³-hybridized carbons (Fsp3) is 0.943.